The van der Waals surface area contributed by atoms with E-state index in [0.717, 1.165) is 6.42 Å². The Bertz CT molecular complexity index is 1250. The number of hydrogen-bond acceptors (Lipinski definition) is 9. The summed E-state index contributed by atoms with van der Waals surface area (Å²) in [6, 6.07) is 0. The summed E-state index contributed by atoms with van der Waals surface area (Å²) in [6.45, 7) is 28.9. The highest BCUT2D eigenvalue weighted by Gasteiger charge is 2.64. The summed E-state index contributed by atoms with van der Waals surface area (Å²) >= 11 is 0. The molecule has 11 heteroatoms. The van der Waals surface area contributed by atoms with Crippen LogP contribution >= 0.6 is 0 Å². The van der Waals surface area contributed by atoms with Gasteiger partial charge in [-0.15, -0.1) is 0 Å². The second-order valence-electron chi connectivity index (χ2n) is 18.1. The molecule has 46 heavy (non-hydrogen) atoms. The lowest BCUT2D eigenvalue weighted by Crippen LogP contribution is -2.57. The molecule has 0 amide bonds. The molecule has 0 aromatic carbocycles. The van der Waals surface area contributed by atoms with E-state index < -0.39 is 56.4 Å². The Morgan fingerprint density at radius 1 is 0.978 bits per heavy atom. The minimum atomic E-state index is -1.86. The second-order valence-corrected chi connectivity index (χ2v) is 29.2. The third-order valence-electron chi connectivity index (χ3n) is 11.0. The fourth-order valence-electron chi connectivity index (χ4n) is 8.86. The van der Waals surface area contributed by atoms with Crippen molar-refractivity contribution in [2.45, 2.75) is 149 Å². The van der Waals surface area contributed by atoms with E-state index in [1.165, 1.54) is 0 Å². The van der Waals surface area contributed by atoms with Gasteiger partial charge in [0, 0.05) is 30.6 Å². The largest absolute Gasteiger partial charge is 0.470 e. The van der Waals surface area contributed by atoms with Gasteiger partial charge < -0.3 is 23.7 Å². The van der Waals surface area contributed by atoms with Crippen molar-refractivity contribution >= 4 is 40.0 Å². The fourth-order valence-corrected chi connectivity index (χ4v) is 20.2. The molecule has 2 heterocycles. The molecule has 4 aliphatic rings. The minimum absolute atomic E-state index is 0.0831. The number of carbonyl (C=O) groups excluding carboxylic acids is 4. The van der Waals surface area contributed by atoms with Gasteiger partial charge in [0.1, 0.15) is 12.2 Å². The molecular weight excluding hydrogens is 621 g/mol. The number of rotatable bonds is 14. The van der Waals surface area contributed by atoms with Crippen LogP contribution in [0.4, 0.5) is 0 Å². The van der Waals surface area contributed by atoms with Gasteiger partial charge in [0.25, 0.3) is 5.79 Å². The molecule has 0 aromatic rings. The van der Waals surface area contributed by atoms with Crippen molar-refractivity contribution in [2.75, 3.05) is 0 Å². The highest BCUT2D eigenvalue weighted by atomic mass is 28.4. The Labute approximate surface area is 277 Å². The van der Waals surface area contributed by atoms with Gasteiger partial charge in [-0.2, -0.15) is 0 Å². The Morgan fingerprint density at radius 3 is 2.11 bits per heavy atom. The molecule has 260 valence electrons. The van der Waals surface area contributed by atoms with Gasteiger partial charge in [-0.1, -0.05) is 66.6 Å². The first-order valence-electron chi connectivity index (χ1n) is 17.1. The Balaban J connectivity index is 1.63. The molecule has 8 unspecified atom stereocenters. The predicted molar refractivity (Wildman–Crippen MR) is 180 cm³/mol. The monoisotopic (exact) mass is 678 g/mol. The molecule has 2 aliphatic heterocycles. The van der Waals surface area contributed by atoms with E-state index in [2.05, 4.69) is 45.9 Å². The predicted octanol–water partition coefficient (Wildman–Crippen LogP) is 6.96. The summed E-state index contributed by atoms with van der Waals surface area (Å²) in [7, 11) is -3.73. The minimum Gasteiger partial charge on any atom is -0.470 e. The molecule has 4 rings (SSSR count). The number of cyclic esters (lactones) is 1. The van der Waals surface area contributed by atoms with Gasteiger partial charge in [0.15, 0.2) is 0 Å². The normalized spacial score (nSPS) is 31.6. The third-order valence-corrected chi connectivity index (χ3v) is 19.6. The van der Waals surface area contributed by atoms with E-state index in [1.807, 2.05) is 34.6 Å². The van der Waals surface area contributed by atoms with Crippen LogP contribution in [0, 0.1) is 34.0 Å². The Hall–Kier alpha value is -2.15. The average molecular weight is 679 g/mol. The van der Waals surface area contributed by atoms with Crippen LogP contribution in [-0.2, 0) is 42.9 Å². The second kappa shape index (κ2) is 12.1. The molecule has 8 atom stereocenters. The summed E-state index contributed by atoms with van der Waals surface area (Å²) in [6.07, 6.45) is 2.16. The van der Waals surface area contributed by atoms with Crippen molar-refractivity contribution in [1.82, 2.24) is 0 Å². The van der Waals surface area contributed by atoms with Crippen LogP contribution in [0.1, 0.15) is 86.5 Å². The number of fused-ring (bicyclic) bond motifs is 1. The van der Waals surface area contributed by atoms with Crippen molar-refractivity contribution in [1.29, 1.82) is 0 Å². The van der Waals surface area contributed by atoms with Gasteiger partial charge in [0.2, 0.25) is 0 Å². The van der Waals surface area contributed by atoms with E-state index in [4.69, 9.17) is 23.7 Å². The molecule has 2 aliphatic carbocycles. The summed E-state index contributed by atoms with van der Waals surface area (Å²) in [4.78, 5) is 53.1. The van der Waals surface area contributed by atoms with Crippen molar-refractivity contribution in [3.8, 4) is 0 Å². The summed E-state index contributed by atoms with van der Waals surface area (Å²) in [5.74, 6) is -1.88. The standard InChI is InChI=1S/C35H58O9Si2/c1-14-33(5,29(38)42-31(45(8,9)10)46(11,12)13)20-34(6,19-32(3,4)21(2)43-35(7)16-15-25(36)44-35)30(39)41-26-22-17-23-24(18-22)28(37)40-27(23)26/h22-24,26-27,31H,2,14-20H2,1,3-13H3. The zero-order valence-electron chi connectivity index (χ0n) is 30.3. The maximum atomic E-state index is 14.5. The first kappa shape index (κ1) is 36.7. The first-order valence-corrected chi connectivity index (χ1v) is 24.2. The average Bonchev–Trinajstić information content (AvgIpc) is 3.62. The highest BCUT2D eigenvalue weighted by Crippen LogP contribution is 2.56. The van der Waals surface area contributed by atoms with Crippen molar-refractivity contribution in [3.63, 3.8) is 0 Å². The SMILES string of the molecule is C=C(OC1(C)CCC(=O)O1)C(C)(C)CC(C)(CC(C)(CC)C(=O)OC([Si](C)(C)C)[Si](C)(C)C)C(=O)OC1C2CC3C(=O)OC1C3C2. The van der Waals surface area contributed by atoms with E-state index in [9.17, 15) is 19.2 Å². The fraction of sp³-hybridized carbons (Fsp3) is 0.829. The Morgan fingerprint density at radius 2 is 1.59 bits per heavy atom. The molecule has 0 N–H and O–H groups in total. The van der Waals surface area contributed by atoms with E-state index >= 15 is 0 Å². The van der Waals surface area contributed by atoms with Crippen LogP contribution in [0.2, 0.25) is 39.3 Å². The third kappa shape index (κ3) is 7.15. The lowest BCUT2D eigenvalue weighted by molar-refractivity contribution is -0.195. The topological polar surface area (TPSA) is 114 Å². The van der Waals surface area contributed by atoms with Crippen LogP contribution in [-0.4, -0.2) is 63.4 Å². The molecule has 0 spiro atoms. The molecule has 2 saturated heterocycles. The van der Waals surface area contributed by atoms with Crippen LogP contribution < -0.4 is 0 Å². The highest BCUT2D eigenvalue weighted by molar-refractivity contribution is 6.96. The molecule has 9 nitrogen and oxygen atoms in total. The molecular formula is C35H58O9Si2. The van der Waals surface area contributed by atoms with Gasteiger partial charge >= 0.3 is 23.9 Å². The zero-order valence-corrected chi connectivity index (χ0v) is 32.3. The smallest absolute Gasteiger partial charge is 0.312 e. The van der Waals surface area contributed by atoms with Crippen molar-refractivity contribution in [2.24, 2.45) is 34.0 Å². The zero-order chi connectivity index (χ0) is 34.8. The first-order chi connectivity index (χ1) is 20.8. The van der Waals surface area contributed by atoms with E-state index in [0.29, 0.717) is 25.0 Å². The van der Waals surface area contributed by atoms with Gasteiger partial charge in [-0.3, -0.25) is 19.2 Å². The van der Waals surface area contributed by atoms with Crippen LogP contribution in [0.15, 0.2) is 12.3 Å². The molecule has 0 radical (unpaired) electrons. The van der Waals surface area contributed by atoms with Gasteiger partial charge in [-0.25, -0.2) is 0 Å². The lowest BCUT2D eigenvalue weighted by Gasteiger charge is -2.44. The summed E-state index contributed by atoms with van der Waals surface area (Å²) in [5, 5.41) is -0.0879. The van der Waals surface area contributed by atoms with Crippen LogP contribution in [0.25, 0.3) is 0 Å². The maximum Gasteiger partial charge on any atom is 0.312 e. The number of ether oxygens (including phenoxy) is 5. The molecule has 2 saturated carbocycles. The number of allylic oxidation sites excluding steroid dienone is 1. The summed E-state index contributed by atoms with van der Waals surface area (Å²) in [5.41, 5.74) is -2.91. The Kier molecular flexibility index (Phi) is 9.63. The van der Waals surface area contributed by atoms with Gasteiger partial charge in [0.05, 0.1) is 50.4 Å². The quantitative estimate of drug-likeness (QED) is 0.0833. The van der Waals surface area contributed by atoms with E-state index in [1.54, 1.807) is 6.92 Å². The molecule has 2 bridgehead atoms. The number of carbonyl (C=O) groups is 4. The van der Waals surface area contributed by atoms with E-state index in [-0.39, 0.29) is 60.3 Å². The van der Waals surface area contributed by atoms with Crippen molar-refractivity contribution < 1.29 is 42.9 Å². The molecule has 0 aromatic heterocycles. The van der Waals surface area contributed by atoms with Crippen molar-refractivity contribution in [3.05, 3.63) is 12.3 Å². The van der Waals surface area contributed by atoms with Gasteiger partial charge in [-0.05, 0) is 46.0 Å². The summed E-state index contributed by atoms with van der Waals surface area (Å²) < 4.78 is 30.2. The number of hydrogen-bond donors (Lipinski definition) is 0. The maximum absolute atomic E-state index is 14.5. The molecule has 4 fully saturated rings. The van der Waals surface area contributed by atoms with Crippen LogP contribution in [0.3, 0.4) is 0 Å². The van der Waals surface area contributed by atoms with Crippen LogP contribution in [0.5, 0.6) is 0 Å². The lowest BCUT2D eigenvalue weighted by atomic mass is 9.64. The number of esters is 4.